The second-order valence-electron chi connectivity index (χ2n) is 7.89. The number of aromatic nitrogens is 2. The van der Waals surface area contributed by atoms with E-state index in [0.29, 0.717) is 6.04 Å². The molecule has 1 saturated heterocycles. The predicted octanol–water partition coefficient (Wildman–Crippen LogP) is 3.19. The van der Waals surface area contributed by atoms with Gasteiger partial charge >= 0.3 is 0 Å². The summed E-state index contributed by atoms with van der Waals surface area (Å²) >= 11 is 0. The lowest BCUT2D eigenvalue weighted by Gasteiger charge is -2.30. The van der Waals surface area contributed by atoms with Crippen LogP contribution >= 0.6 is 0 Å². The number of sulfone groups is 1. The van der Waals surface area contributed by atoms with Crippen molar-refractivity contribution >= 4 is 21.6 Å². The van der Waals surface area contributed by atoms with E-state index in [9.17, 15) is 13.2 Å². The molecule has 1 aliphatic rings. The van der Waals surface area contributed by atoms with Crippen molar-refractivity contribution in [2.24, 2.45) is 0 Å². The number of carbonyl (C=O) groups is 1. The highest BCUT2D eigenvalue weighted by Gasteiger charge is 2.33. The van der Waals surface area contributed by atoms with Crippen LogP contribution in [0.2, 0.25) is 0 Å². The first-order chi connectivity index (χ1) is 14.2. The zero-order chi connectivity index (χ0) is 21.9. The molecule has 2 heterocycles. The van der Waals surface area contributed by atoms with Gasteiger partial charge in [-0.25, -0.2) is 18.4 Å². The lowest BCUT2D eigenvalue weighted by atomic mass is 9.99. The summed E-state index contributed by atoms with van der Waals surface area (Å²) < 4.78 is 22.4. The van der Waals surface area contributed by atoms with Crippen molar-refractivity contribution < 1.29 is 13.2 Å². The number of amides is 1. The second-order valence-corrected chi connectivity index (χ2v) is 9.82. The van der Waals surface area contributed by atoms with Crippen LogP contribution in [0.25, 0.3) is 0 Å². The van der Waals surface area contributed by atoms with Crippen molar-refractivity contribution in [2.75, 3.05) is 11.2 Å². The van der Waals surface area contributed by atoms with Gasteiger partial charge in [0, 0.05) is 23.7 Å². The fraction of sp³-hybridized carbons (Fsp3) is 0.409. The van der Waals surface area contributed by atoms with Crippen molar-refractivity contribution in [1.29, 1.82) is 0 Å². The Kier molecular flexibility index (Phi) is 6.55. The Balaban J connectivity index is 1.75. The van der Waals surface area contributed by atoms with Gasteiger partial charge in [-0.15, -0.1) is 0 Å². The normalized spacial score (nSPS) is 20.5. The molecule has 1 aromatic carbocycles. The van der Waals surface area contributed by atoms with E-state index in [-0.39, 0.29) is 11.7 Å². The van der Waals surface area contributed by atoms with Gasteiger partial charge in [0.25, 0.3) is 5.91 Å². The molecule has 30 heavy (non-hydrogen) atoms. The molecule has 0 bridgehead atoms. The highest BCUT2D eigenvalue weighted by atomic mass is 32.2. The van der Waals surface area contributed by atoms with Crippen LogP contribution in [0.3, 0.4) is 0 Å². The number of anilines is 1. The Morgan fingerprint density at radius 1 is 1.23 bits per heavy atom. The fourth-order valence-electron chi connectivity index (χ4n) is 3.80. The highest BCUT2D eigenvalue weighted by molar-refractivity contribution is 7.93. The predicted molar refractivity (Wildman–Crippen MR) is 118 cm³/mol. The van der Waals surface area contributed by atoms with Gasteiger partial charge in [-0.05, 0) is 44.7 Å². The first-order valence-electron chi connectivity index (χ1n) is 10.0. The van der Waals surface area contributed by atoms with Crippen LogP contribution in [-0.4, -0.2) is 42.6 Å². The van der Waals surface area contributed by atoms with Gasteiger partial charge < -0.3 is 10.2 Å². The molecular formula is C22H28N4O3S. The van der Waals surface area contributed by atoms with Gasteiger partial charge in [-0.2, -0.15) is 0 Å². The Hall–Kier alpha value is -2.74. The van der Waals surface area contributed by atoms with Gasteiger partial charge in [-0.1, -0.05) is 30.3 Å². The maximum atomic E-state index is 12.4. The summed E-state index contributed by atoms with van der Waals surface area (Å²) in [6.07, 6.45) is 7.74. The molecule has 1 aromatic heterocycles. The van der Waals surface area contributed by atoms with E-state index < -0.39 is 21.8 Å². The van der Waals surface area contributed by atoms with Crippen molar-refractivity contribution in [3.8, 4) is 0 Å². The lowest BCUT2D eigenvalue weighted by Crippen LogP contribution is -2.33. The molecule has 160 valence electrons. The minimum Gasteiger partial charge on any atom is -0.346 e. The number of hydrogen-bond acceptors (Lipinski definition) is 6. The first kappa shape index (κ1) is 22.0. The molecule has 8 heteroatoms. The van der Waals surface area contributed by atoms with E-state index in [1.807, 2.05) is 6.07 Å². The Morgan fingerprint density at radius 3 is 2.60 bits per heavy atom. The van der Waals surface area contributed by atoms with Crippen LogP contribution in [0.5, 0.6) is 0 Å². The maximum Gasteiger partial charge on any atom is 0.271 e. The lowest BCUT2D eigenvalue weighted by molar-refractivity contribution is 0.0941. The average molecular weight is 429 g/mol. The van der Waals surface area contributed by atoms with Crippen molar-refractivity contribution in [1.82, 2.24) is 15.3 Å². The van der Waals surface area contributed by atoms with E-state index in [1.165, 1.54) is 23.4 Å². The smallest absolute Gasteiger partial charge is 0.271 e. The van der Waals surface area contributed by atoms with E-state index >= 15 is 0 Å². The number of hydrogen-bond donors (Lipinski definition) is 1. The molecule has 0 unspecified atom stereocenters. The van der Waals surface area contributed by atoms with E-state index in [1.54, 1.807) is 13.1 Å². The Morgan fingerprint density at radius 2 is 1.97 bits per heavy atom. The average Bonchev–Trinajstić information content (AvgIpc) is 3.07. The number of nitrogens with one attached hydrogen (secondary N) is 1. The number of aryl methyl sites for hydroxylation is 1. The molecule has 1 fully saturated rings. The largest absolute Gasteiger partial charge is 0.346 e. The van der Waals surface area contributed by atoms with Crippen LogP contribution in [0.4, 0.5) is 5.82 Å². The molecule has 7 nitrogen and oxygen atoms in total. The molecule has 0 aliphatic carbocycles. The molecule has 2 aromatic rings. The molecule has 3 atom stereocenters. The summed E-state index contributed by atoms with van der Waals surface area (Å²) in [7, 11) is -3.24. The minimum absolute atomic E-state index is 0.192. The highest BCUT2D eigenvalue weighted by Crippen LogP contribution is 2.39. The molecule has 1 amide bonds. The molecular weight excluding hydrogens is 400 g/mol. The monoisotopic (exact) mass is 428 g/mol. The third-order valence-corrected chi connectivity index (χ3v) is 5.98. The van der Waals surface area contributed by atoms with E-state index in [2.05, 4.69) is 52.2 Å². The number of rotatable bonds is 6. The van der Waals surface area contributed by atoms with Crippen LogP contribution in [-0.2, 0) is 9.84 Å². The second kappa shape index (κ2) is 8.95. The number of nitrogens with zero attached hydrogens (tertiary/aromatic N) is 3. The third kappa shape index (κ3) is 5.24. The van der Waals surface area contributed by atoms with E-state index in [0.717, 1.165) is 30.3 Å². The standard InChI is InChI=1S/C22H28N4O3S/c1-15-7-5-6-8-18(15)20-10-9-17(3)26(20)21-14-23-19(13-24-21)22(27)25-16(2)11-12-30(4,28)29/h5-8,11-14,16-17,20H,9-10H2,1-4H3,(H,25,27)/b12-11+/t16-,17-,20+/m1/s1. The molecule has 0 radical (unpaired) electrons. The first-order valence-corrected chi connectivity index (χ1v) is 12.0. The summed E-state index contributed by atoms with van der Waals surface area (Å²) in [5, 5.41) is 3.78. The molecule has 0 spiro atoms. The van der Waals surface area contributed by atoms with Crippen LogP contribution in [0.15, 0.2) is 48.1 Å². The molecule has 1 N–H and O–H groups in total. The summed E-state index contributed by atoms with van der Waals surface area (Å²) in [5.74, 6) is 0.347. The Labute approximate surface area is 178 Å². The Bertz CT molecular complexity index is 1030. The fourth-order valence-corrected chi connectivity index (χ4v) is 4.32. The van der Waals surface area contributed by atoms with Gasteiger partial charge in [0.15, 0.2) is 9.84 Å². The van der Waals surface area contributed by atoms with Crippen LogP contribution in [0, 0.1) is 6.92 Å². The topological polar surface area (TPSA) is 92.3 Å². The van der Waals surface area contributed by atoms with Crippen LogP contribution in [0.1, 0.15) is 54.3 Å². The van der Waals surface area contributed by atoms with E-state index in [4.69, 9.17) is 0 Å². The van der Waals surface area contributed by atoms with Gasteiger partial charge in [0.2, 0.25) is 0 Å². The van der Waals surface area contributed by atoms with Gasteiger partial charge in [-0.3, -0.25) is 4.79 Å². The number of benzene rings is 1. The minimum atomic E-state index is -3.24. The molecule has 0 saturated carbocycles. The van der Waals surface area contributed by atoms with Crippen molar-refractivity contribution in [3.63, 3.8) is 0 Å². The number of carbonyl (C=O) groups excluding carboxylic acids is 1. The summed E-state index contributed by atoms with van der Waals surface area (Å²) in [6, 6.07) is 8.49. The third-order valence-electron chi connectivity index (χ3n) is 5.32. The zero-order valence-corrected chi connectivity index (χ0v) is 18.6. The van der Waals surface area contributed by atoms with Crippen molar-refractivity contribution in [2.45, 2.75) is 51.7 Å². The molecule has 1 aliphatic heterocycles. The zero-order valence-electron chi connectivity index (χ0n) is 17.7. The summed E-state index contributed by atoms with van der Waals surface area (Å²) in [4.78, 5) is 23.5. The molecule has 3 rings (SSSR count). The SMILES string of the molecule is Cc1ccccc1[C@@H]1CC[C@@H](C)N1c1cnc(C(=O)N[C@H](C)/C=C/S(C)(=O)=O)cn1. The maximum absolute atomic E-state index is 12.4. The van der Waals surface area contributed by atoms with Crippen molar-refractivity contribution in [3.05, 3.63) is 65.0 Å². The quantitative estimate of drug-likeness (QED) is 0.760. The van der Waals surface area contributed by atoms with Crippen LogP contribution < -0.4 is 10.2 Å². The summed E-state index contributed by atoms with van der Waals surface area (Å²) in [6.45, 7) is 5.99. The van der Waals surface area contributed by atoms with Gasteiger partial charge in [0.1, 0.15) is 11.5 Å². The summed E-state index contributed by atoms with van der Waals surface area (Å²) in [5.41, 5.74) is 2.73. The van der Waals surface area contributed by atoms with Gasteiger partial charge in [0.05, 0.1) is 18.4 Å².